The van der Waals surface area contributed by atoms with Gasteiger partial charge in [0.2, 0.25) is 5.91 Å². The molecule has 1 atom stereocenters. The first-order chi connectivity index (χ1) is 13.1. The molecular weight excluding hydrogens is 383 g/mol. The van der Waals surface area contributed by atoms with Gasteiger partial charge in [-0.3, -0.25) is 18.6 Å². The number of carbonyl (C=O) groups is 2. The van der Waals surface area contributed by atoms with Gasteiger partial charge in [0.25, 0.3) is 0 Å². The van der Waals surface area contributed by atoms with Crippen LogP contribution in [0.15, 0.2) is 30.3 Å². The van der Waals surface area contributed by atoms with Crippen molar-refractivity contribution in [2.75, 3.05) is 13.2 Å². The third-order valence-corrected chi connectivity index (χ3v) is 5.35. The van der Waals surface area contributed by atoms with Crippen LogP contribution in [0, 0.1) is 0 Å². The summed E-state index contributed by atoms with van der Waals surface area (Å²) in [5.74, 6) is -1.05. The lowest BCUT2D eigenvalue weighted by Gasteiger charge is -2.27. The summed E-state index contributed by atoms with van der Waals surface area (Å²) in [7, 11) is -3.77. The van der Waals surface area contributed by atoms with Crippen LogP contribution < -0.4 is 10.4 Å². The molecule has 9 heteroatoms. The molecule has 1 rings (SSSR count). The van der Waals surface area contributed by atoms with Gasteiger partial charge in [-0.2, -0.15) is 0 Å². The molecule has 0 unspecified atom stereocenters. The summed E-state index contributed by atoms with van der Waals surface area (Å²) >= 11 is 0. The highest BCUT2D eigenvalue weighted by atomic mass is 31.2. The number of amides is 1. The van der Waals surface area contributed by atoms with Crippen LogP contribution in [0.1, 0.15) is 40.2 Å². The summed E-state index contributed by atoms with van der Waals surface area (Å²) in [5, 5.41) is 5.25. The molecule has 2 N–H and O–H groups in total. The van der Waals surface area contributed by atoms with E-state index in [1.54, 1.807) is 34.6 Å². The van der Waals surface area contributed by atoms with E-state index >= 15 is 0 Å². The van der Waals surface area contributed by atoms with Gasteiger partial charge >= 0.3 is 13.7 Å². The third kappa shape index (κ3) is 9.46. The summed E-state index contributed by atoms with van der Waals surface area (Å²) in [6.45, 7) is 8.54. The molecule has 0 aliphatic heterocycles. The number of rotatable bonds is 12. The van der Waals surface area contributed by atoms with E-state index in [2.05, 4.69) is 10.4 Å². The average Bonchev–Trinajstić information content (AvgIpc) is 2.58. The molecule has 0 fully saturated rings. The zero-order chi connectivity index (χ0) is 21.2. The van der Waals surface area contributed by atoms with Gasteiger partial charge in [0.15, 0.2) is 0 Å². The van der Waals surface area contributed by atoms with E-state index in [1.165, 1.54) is 0 Å². The molecule has 1 aromatic carbocycles. The largest absolute Gasteiger partial charge is 0.465 e. The zero-order valence-electron chi connectivity index (χ0n) is 17.1. The summed E-state index contributed by atoms with van der Waals surface area (Å²) < 4.78 is 28.9. The van der Waals surface area contributed by atoms with Gasteiger partial charge in [-0.25, -0.2) is 9.65 Å². The molecule has 0 aromatic heterocycles. The fraction of sp³-hybridized carbons (Fsp3) is 0.579. The van der Waals surface area contributed by atoms with Crippen LogP contribution in [0.2, 0.25) is 0 Å². The Labute approximate surface area is 166 Å². The molecule has 0 saturated carbocycles. The molecular formula is C19H31N2O6P. The molecule has 1 amide bonds. The Hall–Kier alpha value is -1.73. The van der Waals surface area contributed by atoms with Crippen LogP contribution in [-0.2, 0) is 34.4 Å². The van der Waals surface area contributed by atoms with Crippen LogP contribution in [0.5, 0.6) is 0 Å². The van der Waals surface area contributed by atoms with Crippen molar-refractivity contribution in [2.45, 2.75) is 59.3 Å². The molecule has 158 valence electrons. The Morgan fingerprint density at radius 1 is 1.04 bits per heavy atom. The lowest BCUT2D eigenvalue weighted by atomic mass is 10.1. The number of carbonyl (C=O) groups excluding carboxylic acids is 2. The lowest BCUT2D eigenvalue weighted by molar-refractivity contribution is -0.143. The van der Waals surface area contributed by atoms with E-state index in [1.807, 2.05) is 30.3 Å². The first-order valence-electron chi connectivity index (χ1n) is 9.37. The average molecular weight is 414 g/mol. The molecule has 0 bridgehead atoms. The van der Waals surface area contributed by atoms with Crippen molar-refractivity contribution >= 4 is 19.6 Å². The van der Waals surface area contributed by atoms with Crippen LogP contribution in [0.4, 0.5) is 0 Å². The second-order valence-electron chi connectivity index (χ2n) is 6.70. The van der Waals surface area contributed by atoms with Gasteiger partial charge in [-0.15, -0.1) is 0 Å². The Morgan fingerprint density at radius 3 is 2.11 bits per heavy atom. The van der Waals surface area contributed by atoms with Crippen molar-refractivity contribution in [1.29, 1.82) is 0 Å². The molecule has 28 heavy (non-hydrogen) atoms. The minimum Gasteiger partial charge on any atom is -0.465 e. The Morgan fingerprint density at radius 2 is 1.61 bits per heavy atom. The van der Waals surface area contributed by atoms with E-state index in [0.717, 1.165) is 5.56 Å². The van der Waals surface area contributed by atoms with Crippen molar-refractivity contribution in [2.24, 2.45) is 0 Å². The van der Waals surface area contributed by atoms with Crippen LogP contribution in [-0.4, -0.2) is 43.3 Å². The molecule has 0 saturated heterocycles. The molecule has 8 nitrogen and oxygen atoms in total. The monoisotopic (exact) mass is 414 g/mol. The highest BCUT2D eigenvalue weighted by molar-refractivity contribution is 7.51. The minimum atomic E-state index is -3.77. The topological polar surface area (TPSA) is 103 Å². The predicted molar refractivity (Wildman–Crippen MR) is 107 cm³/mol. The van der Waals surface area contributed by atoms with Gasteiger partial charge in [-0.1, -0.05) is 30.3 Å². The van der Waals surface area contributed by atoms with Gasteiger partial charge < -0.3 is 10.1 Å². The van der Waals surface area contributed by atoms with Crippen molar-refractivity contribution < 1.29 is 27.9 Å². The predicted octanol–water partition coefficient (Wildman–Crippen LogP) is 2.82. The minimum absolute atomic E-state index is 0.222. The fourth-order valence-electron chi connectivity index (χ4n) is 2.37. The second-order valence-corrected chi connectivity index (χ2v) is 8.37. The number of hydrogen-bond donors (Lipinski definition) is 2. The van der Waals surface area contributed by atoms with Crippen molar-refractivity contribution in [3.8, 4) is 0 Å². The van der Waals surface area contributed by atoms with Gasteiger partial charge in [0.1, 0.15) is 12.6 Å². The van der Waals surface area contributed by atoms with E-state index in [4.69, 9.17) is 13.8 Å². The maximum Gasteiger partial charge on any atom is 0.406 e. The van der Waals surface area contributed by atoms with E-state index in [0.29, 0.717) is 0 Å². The summed E-state index contributed by atoms with van der Waals surface area (Å²) in [6.07, 6.45) is -0.517. The number of benzene rings is 1. The molecule has 0 spiro atoms. The molecule has 0 aliphatic carbocycles. The number of nitrogens with one attached hydrogen (secondary N) is 2. The number of esters is 1. The lowest BCUT2D eigenvalue weighted by Crippen LogP contribution is -2.46. The van der Waals surface area contributed by atoms with Crippen molar-refractivity contribution in [3.63, 3.8) is 0 Å². The summed E-state index contributed by atoms with van der Waals surface area (Å²) in [4.78, 5) is 24.2. The normalized spacial score (nSPS) is 12.8. The highest BCUT2D eigenvalue weighted by Gasteiger charge is 2.34. The third-order valence-electron chi connectivity index (χ3n) is 3.32. The number of ether oxygens (including phenoxy) is 1. The standard InChI is InChI=1S/C19H31N2O6P/c1-6-25-18(22)13-20-19(23)17(12-16-10-8-7-9-11-16)21-28(24,26-14(2)3)27-15(4)5/h7-11,14-15,17H,6,12-13H2,1-5H3,(H,20,23)(H,21,24)/t17-/m0/s1. The molecule has 0 aliphatic rings. The van der Waals surface area contributed by atoms with Crippen LogP contribution in [0.25, 0.3) is 0 Å². The van der Waals surface area contributed by atoms with Gasteiger partial charge in [-0.05, 0) is 46.6 Å². The van der Waals surface area contributed by atoms with Crippen LogP contribution in [0.3, 0.4) is 0 Å². The van der Waals surface area contributed by atoms with E-state index in [9.17, 15) is 14.2 Å². The van der Waals surface area contributed by atoms with Crippen molar-refractivity contribution in [3.05, 3.63) is 35.9 Å². The van der Waals surface area contributed by atoms with Gasteiger partial charge in [0.05, 0.1) is 18.8 Å². The van der Waals surface area contributed by atoms with E-state index < -0.39 is 25.7 Å². The van der Waals surface area contributed by atoms with Crippen molar-refractivity contribution in [1.82, 2.24) is 10.4 Å². The number of hydrogen-bond acceptors (Lipinski definition) is 6. The Balaban J connectivity index is 2.98. The zero-order valence-corrected chi connectivity index (χ0v) is 18.0. The Bertz CT molecular complexity index is 652. The first kappa shape index (κ1) is 24.3. The fourth-order valence-corrected chi connectivity index (χ4v) is 4.24. The first-order valence-corrected chi connectivity index (χ1v) is 10.9. The Kier molecular flexibility index (Phi) is 10.4. The summed E-state index contributed by atoms with van der Waals surface area (Å²) in [5.41, 5.74) is 0.854. The highest BCUT2D eigenvalue weighted by Crippen LogP contribution is 2.47. The van der Waals surface area contributed by atoms with E-state index in [-0.39, 0.29) is 31.8 Å². The maximum absolute atomic E-state index is 13.2. The summed E-state index contributed by atoms with van der Waals surface area (Å²) in [6, 6.07) is 8.33. The molecule has 0 heterocycles. The quantitative estimate of drug-likeness (QED) is 0.400. The molecule has 1 aromatic rings. The van der Waals surface area contributed by atoms with Crippen LogP contribution >= 0.6 is 7.75 Å². The maximum atomic E-state index is 13.2. The smallest absolute Gasteiger partial charge is 0.406 e. The SMILES string of the molecule is CCOC(=O)CNC(=O)[C@H](Cc1ccccc1)NP(=O)(OC(C)C)OC(C)C. The molecule has 0 radical (unpaired) electrons. The van der Waals surface area contributed by atoms with Gasteiger partial charge in [0, 0.05) is 0 Å². The second kappa shape index (κ2) is 12.0.